The molecule has 0 spiro atoms. The monoisotopic (exact) mass is 236 g/mol. The molecule has 3 heteroatoms. The van der Waals surface area contributed by atoms with E-state index in [1.165, 1.54) is 13.0 Å². The van der Waals surface area contributed by atoms with Gasteiger partial charge in [-0.25, -0.2) is 0 Å². The summed E-state index contributed by atoms with van der Waals surface area (Å²) < 4.78 is 0. The summed E-state index contributed by atoms with van der Waals surface area (Å²) in [6, 6.07) is 7.02. The summed E-state index contributed by atoms with van der Waals surface area (Å²) in [6.07, 6.45) is 0.584. The van der Waals surface area contributed by atoms with Gasteiger partial charge >= 0.3 is 0 Å². The van der Waals surface area contributed by atoms with Crippen LogP contribution in [0.15, 0.2) is 41.6 Å². The second-order valence-electron chi connectivity index (χ2n) is 3.46. The zero-order chi connectivity index (χ0) is 12.1. The van der Waals surface area contributed by atoms with Crippen LogP contribution in [0.1, 0.15) is 25.5 Å². The molecule has 1 aromatic rings. The first-order valence-electron chi connectivity index (χ1n) is 4.89. The van der Waals surface area contributed by atoms with Gasteiger partial charge in [0, 0.05) is 16.2 Å². The van der Waals surface area contributed by atoms with Crippen molar-refractivity contribution in [2.24, 2.45) is 0 Å². The smallest absolute Gasteiger partial charge is 0.163 e. The van der Waals surface area contributed by atoms with Crippen LogP contribution in [-0.4, -0.2) is 10.9 Å². The Bertz CT molecular complexity index is 457. The molecule has 1 N–H and O–H groups in total. The van der Waals surface area contributed by atoms with Gasteiger partial charge < -0.3 is 5.11 Å². The fourth-order valence-corrected chi connectivity index (χ4v) is 1.36. The number of rotatable bonds is 3. The highest BCUT2D eigenvalue weighted by Crippen LogP contribution is 2.22. The summed E-state index contributed by atoms with van der Waals surface area (Å²) in [7, 11) is 0. The standard InChI is InChI=1S/C13H13ClO2/c1-9(10(2)15)7-8-13(16)11-5-3-4-6-12(11)14/h3-6,8,13,16H,1-2H3. The van der Waals surface area contributed by atoms with Crippen molar-refractivity contribution in [1.82, 2.24) is 0 Å². The van der Waals surface area contributed by atoms with E-state index in [9.17, 15) is 9.90 Å². The lowest BCUT2D eigenvalue weighted by molar-refractivity contribution is -0.113. The number of hydrogen-bond donors (Lipinski definition) is 1. The average Bonchev–Trinajstić information content (AvgIpc) is 2.25. The van der Waals surface area contributed by atoms with Crippen molar-refractivity contribution >= 4 is 17.4 Å². The van der Waals surface area contributed by atoms with E-state index in [0.717, 1.165) is 0 Å². The number of hydrogen-bond acceptors (Lipinski definition) is 2. The first-order chi connectivity index (χ1) is 7.52. The number of carbonyl (C=O) groups excluding carboxylic acids is 1. The summed E-state index contributed by atoms with van der Waals surface area (Å²) in [5, 5.41) is 10.3. The predicted octanol–water partition coefficient (Wildman–Crippen LogP) is 3.06. The molecule has 0 radical (unpaired) electrons. The lowest BCUT2D eigenvalue weighted by Gasteiger charge is -2.06. The fourth-order valence-electron chi connectivity index (χ4n) is 1.11. The van der Waals surface area contributed by atoms with Crippen molar-refractivity contribution in [2.45, 2.75) is 20.0 Å². The Kier molecular flexibility index (Phi) is 4.51. The Morgan fingerprint density at radius 3 is 2.62 bits per heavy atom. The van der Waals surface area contributed by atoms with E-state index in [0.29, 0.717) is 16.2 Å². The van der Waals surface area contributed by atoms with Gasteiger partial charge in [-0.05, 0) is 26.0 Å². The number of halogens is 1. The summed E-state index contributed by atoms with van der Waals surface area (Å²) in [6.45, 7) is 3.11. The van der Waals surface area contributed by atoms with E-state index in [1.807, 2.05) is 0 Å². The Balaban J connectivity index is 2.97. The van der Waals surface area contributed by atoms with Gasteiger partial charge in [-0.3, -0.25) is 4.79 Å². The normalized spacial score (nSPS) is 11.5. The molecule has 0 fully saturated rings. The third-order valence-corrected chi connectivity index (χ3v) is 2.55. The average molecular weight is 237 g/mol. The zero-order valence-electron chi connectivity index (χ0n) is 9.20. The van der Waals surface area contributed by atoms with Crippen LogP contribution in [0.4, 0.5) is 0 Å². The topological polar surface area (TPSA) is 37.3 Å². The molecule has 0 aliphatic heterocycles. The Morgan fingerprint density at radius 1 is 1.44 bits per heavy atom. The molecule has 1 aromatic carbocycles. The molecule has 1 rings (SSSR count). The highest BCUT2D eigenvalue weighted by atomic mass is 35.5. The van der Waals surface area contributed by atoms with Crippen molar-refractivity contribution in [3.8, 4) is 0 Å². The zero-order valence-corrected chi connectivity index (χ0v) is 9.95. The highest BCUT2D eigenvalue weighted by Gasteiger charge is 2.06. The molecule has 0 saturated carbocycles. The van der Waals surface area contributed by atoms with Gasteiger partial charge in [0.25, 0.3) is 0 Å². The van der Waals surface area contributed by atoms with Crippen LogP contribution in [0, 0.1) is 0 Å². The molecular weight excluding hydrogens is 224 g/mol. The minimum Gasteiger partial charge on any atom is -0.384 e. The maximum atomic E-state index is 10.9. The van der Waals surface area contributed by atoms with Gasteiger partial charge in [-0.2, -0.15) is 0 Å². The van der Waals surface area contributed by atoms with Gasteiger partial charge in [-0.15, -0.1) is 5.73 Å². The predicted molar refractivity (Wildman–Crippen MR) is 64.4 cm³/mol. The largest absolute Gasteiger partial charge is 0.384 e. The van der Waals surface area contributed by atoms with Gasteiger partial charge in [0.15, 0.2) is 5.78 Å². The molecule has 84 valence electrons. The summed E-state index contributed by atoms with van der Waals surface area (Å²) in [5.41, 5.74) is 3.82. The number of ketones is 1. The summed E-state index contributed by atoms with van der Waals surface area (Å²) in [4.78, 5) is 10.9. The van der Waals surface area contributed by atoms with Crippen molar-refractivity contribution in [1.29, 1.82) is 0 Å². The number of benzene rings is 1. The summed E-state index contributed by atoms with van der Waals surface area (Å²) in [5.74, 6) is -0.0670. The van der Waals surface area contributed by atoms with Crippen molar-refractivity contribution in [2.75, 3.05) is 0 Å². The minimum absolute atomic E-state index is 0.0670. The first kappa shape index (κ1) is 12.7. The van der Waals surface area contributed by atoms with E-state index in [2.05, 4.69) is 5.73 Å². The van der Waals surface area contributed by atoms with Crippen molar-refractivity contribution < 1.29 is 9.90 Å². The van der Waals surface area contributed by atoms with E-state index in [4.69, 9.17) is 11.6 Å². The quantitative estimate of drug-likeness (QED) is 0.647. The van der Waals surface area contributed by atoms with Crippen LogP contribution in [0.2, 0.25) is 5.02 Å². The van der Waals surface area contributed by atoms with Gasteiger partial charge in [0.05, 0.1) is 0 Å². The molecule has 0 amide bonds. The van der Waals surface area contributed by atoms with Crippen LogP contribution in [0.3, 0.4) is 0 Å². The Labute approximate surface area is 99.9 Å². The molecule has 0 aliphatic carbocycles. The maximum Gasteiger partial charge on any atom is 0.163 e. The third kappa shape index (κ3) is 3.35. The molecule has 16 heavy (non-hydrogen) atoms. The van der Waals surface area contributed by atoms with E-state index in [-0.39, 0.29) is 5.78 Å². The number of Topliss-reactive ketones (excluding diaryl/α,β-unsaturated/α-hetero) is 1. The molecule has 1 unspecified atom stereocenters. The molecule has 0 aromatic heterocycles. The van der Waals surface area contributed by atoms with Crippen molar-refractivity contribution in [3.63, 3.8) is 0 Å². The van der Waals surface area contributed by atoms with Crippen LogP contribution in [-0.2, 0) is 4.79 Å². The van der Waals surface area contributed by atoms with Crippen LogP contribution >= 0.6 is 11.6 Å². The van der Waals surface area contributed by atoms with Crippen LogP contribution in [0.25, 0.3) is 0 Å². The van der Waals surface area contributed by atoms with Crippen LogP contribution in [0.5, 0.6) is 0 Å². The lowest BCUT2D eigenvalue weighted by Crippen LogP contribution is -1.94. The second kappa shape index (κ2) is 5.66. The number of aliphatic hydroxyl groups is 1. The van der Waals surface area contributed by atoms with Crippen LogP contribution < -0.4 is 0 Å². The summed E-state index contributed by atoms with van der Waals surface area (Å²) >= 11 is 5.92. The van der Waals surface area contributed by atoms with E-state index >= 15 is 0 Å². The third-order valence-electron chi connectivity index (χ3n) is 2.21. The Morgan fingerprint density at radius 2 is 2.06 bits per heavy atom. The lowest BCUT2D eigenvalue weighted by atomic mass is 10.1. The van der Waals surface area contributed by atoms with Crippen molar-refractivity contribution in [3.05, 3.63) is 52.2 Å². The van der Waals surface area contributed by atoms with Gasteiger partial charge in [-0.1, -0.05) is 29.8 Å². The first-order valence-corrected chi connectivity index (χ1v) is 5.27. The van der Waals surface area contributed by atoms with E-state index in [1.54, 1.807) is 31.2 Å². The van der Waals surface area contributed by atoms with E-state index < -0.39 is 6.10 Å². The SMILES string of the molecule is CC(=O)C(C)=C=CC(O)c1ccccc1Cl. The molecular formula is C13H13ClO2. The second-order valence-corrected chi connectivity index (χ2v) is 3.87. The number of carbonyl (C=O) groups is 1. The molecule has 0 heterocycles. The molecule has 0 bridgehead atoms. The molecule has 2 nitrogen and oxygen atoms in total. The fraction of sp³-hybridized carbons (Fsp3) is 0.231. The molecule has 1 atom stereocenters. The molecule has 0 saturated heterocycles. The minimum atomic E-state index is -0.844. The van der Waals surface area contributed by atoms with Gasteiger partial charge in [0.1, 0.15) is 6.10 Å². The Hall–Kier alpha value is -1.34. The number of aliphatic hydroxyl groups excluding tert-OH is 1. The van der Waals surface area contributed by atoms with Gasteiger partial charge in [0.2, 0.25) is 0 Å². The highest BCUT2D eigenvalue weighted by molar-refractivity contribution is 6.31. The molecule has 0 aliphatic rings. The maximum absolute atomic E-state index is 10.9.